The first-order valence-corrected chi connectivity index (χ1v) is 16.7. The molecule has 2 aliphatic heterocycles. The summed E-state index contributed by atoms with van der Waals surface area (Å²) < 4.78 is 45.6. The molecule has 12 nitrogen and oxygen atoms in total. The monoisotopic (exact) mass is 862 g/mol. The average molecular weight is 865 g/mol. The number of allylic oxidation sites excluding steroid dienone is 2. The molecular formula is C34H35Br2ClF2N2O10. The highest BCUT2D eigenvalue weighted by atomic mass is 79.9. The third kappa shape index (κ3) is 13.7. The summed E-state index contributed by atoms with van der Waals surface area (Å²) in [7, 11) is 2.57. The predicted octanol–water partition coefficient (Wildman–Crippen LogP) is 5.70. The largest absolute Gasteiger partial charge is 0.466 e. The molecule has 0 saturated carbocycles. The van der Waals surface area contributed by atoms with Crippen LogP contribution < -0.4 is 11.1 Å². The minimum Gasteiger partial charge on any atom is -0.466 e. The van der Waals surface area contributed by atoms with E-state index in [1.165, 1.54) is 44.6 Å². The van der Waals surface area contributed by atoms with Crippen molar-refractivity contribution < 1.29 is 56.5 Å². The van der Waals surface area contributed by atoms with Crippen molar-refractivity contribution in [2.75, 3.05) is 33.3 Å². The van der Waals surface area contributed by atoms with E-state index in [4.69, 9.17) is 26.8 Å². The highest BCUT2D eigenvalue weighted by molar-refractivity contribution is 9.10. The molecule has 1 atom stereocenters. The lowest BCUT2D eigenvalue weighted by Crippen LogP contribution is -2.30. The summed E-state index contributed by atoms with van der Waals surface area (Å²) in [6, 6.07) is 8.81. The lowest BCUT2D eigenvalue weighted by molar-refractivity contribution is -0.145. The van der Waals surface area contributed by atoms with Crippen LogP contribution in [0.25, 0.3) is 0 Å². The fourth-order valence-electron chi connectivity index (χ4n) is 4.18. The van der Waals surface area contributed by atoms with Crippen LogP contribution in [0.5, 0.6) is 0 Å². The van der Waals surface area contributed by atoms with Gasteiger partial charge in [0, 0.05) is 23.0 Å². The molecule has 276 valence electrons. The highest BCUT2D eigenvalue weighted by Crippen LogP contribution is 2.44. The summed E-state index contributed by atoms with van der Waals surface area (Å²) in [6.07, 6.45) is 1.62. The van der Waals surface area contributed by atoms with Gasteiger partial charge in [-0.15, -0.1) is 11.6 Å². The van der Waals surface area contributed by atoms with Crippen LogP contribution >= 0.6 is 43.5 Å². The maximum atomic E-state index is 14.0. The maximum Gasteiger partial charge on any atom is 0.337 e. The molecule has 2 aromatic rings. The molecule has 0 saturated heterocycles. The summed E-state index contributed by atoms with van der Waals surface area (Å²) >= 11 is 11.3. The smallest absolute Gasteiger partial charge is 0.337 e. The van der Waals surface area contributed by atoms with Crippen molar-refractivity contribution in [3.8, 4) is 0 Å². The Morgan fingerprint density at radius 2 is 1.67 bits per heavy atom. The molecule has 3 N–H and O–H groups in total. The Morgan fingerprint density at radius 3 is 2.16 bits per heavy atom. The zero-order valence-corrected chi connectivity index (χ0v) is 32.0. The van der Waals surface area contributed by atoms with E-state index in [0.29, 0.717) is 46.7 Å². The van der Waals surface area contributed by atoms with Gasteiger partial charge >= 0.3 is 23.9 Å². The Hall–Kier alpha value is -4.41. The molecule has 0 fully saturated rings. The average Bonchev–Trinajstić information content (AvgIpc) is 3.46. The van der Waals surface area contributed by atoms with Gasteiger partial charge in [0.15, 0.2) is 12.1 Å². The fourth-order valence-corrected chi connectivity index (χ4v) is 5.12. The fraction of sp³-hybridized carbons (Fsp3) is 0.294. The molecule has 4 rings (SSSR count). The molecule has 0 unspecified atom stereocenters. The number of esters is 4. The lowest BCUT2D eigenvalue weighted by atomic mass is 9.81. The van der Waals surface area contributed by atoms with Gasteiger partial charge in [-0.25, -0.2) is 23.2 Å². The molecule has 0 radical (unpaired) electrons. The van der Waals surface area contributed by atoms with Crippen molar-refractivity contribution in [3.05, 3.63) is 102 Å². The van der Waals surface area contributed by atoms with Gasteiger partial charge in [0.05, 0.1) is 58.4 Å². The normalized spacial score (nSPS) is 14.4. The van der Waals surface area contributed by atoms with E-state index >= 15 is 0 Å². The summed E-state index contributed by atoms with van der Waals surface area (Å²) in [5.74, 6) is -4.10. The van der Waals surface area contributed by atoms with Gasteiger partial charge in [0.25, 0.3) is 0 Å². The van der Waals surface area contributed by atoms with Crippen LogP contribution in [0.3, 0.4) is 0 Å². The number of benzene rings is 2. The lowest BCUT2D eigenvalue weighted by Gasteiger charge is -2.28. The maximum absolute atomic E-state index is 14.0. The summed E-state index contributed by atoms with van der Waals surface area (Å²) in [6.45, 7) is 5.41. The van der Waals surface area contributed by atoms with Crippen LogP contribution in [-0.4, -0.2) is 69.3 Å². The minimum absolute atomic E-state index is 0.101. The summed E-state index contributed by atoms with van der Waals surface area (Å²) in [4.78, 5) is 65.8. The van der Waals surface area contributed by atoms with Gasteiger partial charge in [-0.1, -0.05) is 24.3 Å². The number of cyclic esters (lactones) is 1. The molecule has 51 heavy (non-hydrogen) atoms. The first-order valence-electron chi connectivity index (χ1n) is 14.6. The number of ether oxygens (including phenoxy) is 4. The molecule has 0 amide bonds. The number of Topliss-reactive ketones (excluding diaryl/α,β-unsaturated/α-hetero) is 1. The van der Waals surface area contributed by atoms with Crippen molar-refractivity contribution in [3.63, 3.8) is 0 Å². The first kappa shape index (κ1) is 44.6. The van der Waals surface area contributed by atoms with Crippen molar-refractivity contribution in [1.82, 2.24) is 5.32 Å². The third-order valence-corrected chi connectivity index (χ3v) is 8.33. The van der Waals surface area contributed by atoms with Gasteiger partial charge in [0.2, 0.25) is 0 Å². The third-order valence-electron chi connectivity index (χ3n) is 6.36. The van der Waals surface area contributed by atoms with E-state index in [2.05, 4.69) is 46.7 Å². The number of nitrogens with one attached hydrogen (secondary N) is 1. The van der Waals surface area contributed by atoms with Crippen LogP contribution in [0.15, 0.2) is 79.7 Å². The van der Waals surface area contributed by atoms with Crippen molar-refractivity contribution in [1.29, 1.82) is 0 Å². The number of ketones is 1. The second-order valence-corrected chi connectivity index (χ2v) is 11.9. The standard InChI is InChI=1S/C16H13BrFNO4.C7H4BrFO.C6H9ClO3.C5H9NO2/c1-7-11(15(20)22-2)12(8-4-3-5-9(18)14(8)17)13-10(19-7)6-23-16(13)21;8-7-5(4-10)2-1-3-6(7)9;1-2-10-6(9)3-5(8)4-7;1-4(6)3-5(7)8-2/h3-5,12,19H,6H2,1-2H3;1-4H;2-4H2,1H3;3H,6H2,1-2H3/b;;;4-3-/t12-;;;/m0.../s1. The molecule has 2 aliphatic rings. The van der Waals surface area contributed by atoms with Crippen LogP contribution in [0.1, 0.15) is 49.0 Å². The number of rotatable bonds is 8. The molecule has 0 spiro atoms. The molecule has 2 heterocycles. The number of nitrogens with two attached hydrogens (primary N) is 1. The molecule has 0 aliphatic carbocycles. The number of hydrogen-bond donors (Lipinski definition) is 2. The second-order valence-electron chi connectivity index (χ2n) is 10.0. The zero-order chi connectivity index (χ0) is 38.8. The van der Waals surface area contributed by atoms with Crippen LogP contribution in [-0.2, 0) is 42.9 Å². The van der Waals surface area contributed by atoms with E-state index in [-0.39, 0.29) is 39.2 Å². The SMILES string of the molecule is CCOC(=O)CC(=O)CCl.COC(=O)/C=C(/C)N.COC(=O)C1=C(C)NC2=C(C(=O)OC2)[C@H]1c1cccc(F)c1Br.O=Cc1cccc(F)c1Br. The van der Waals surface area contributed by atoms with Gasteiger partial charge in [0.1, 0.15) is 24.7 Å². The Labute approximate surface area is 314 Å². The minimum atomic E-state index is -0.751. The van der Waals surface area contributed by atoms with Gasteiger partial charge in [-0.3, -0.25) is 14.4 Å². The Kier molecular flexibility index (Phi) is 19.6. The van der Waals surface area contributed by atoms with Crippen molar-refractivity contribution in [2.24, 2.45) is 5.73 Å². The molecule has 2 aromatic carbocycles. The number of methoxy groups -OCH3 is 2. The quantitative estimate of drug-likeness (QED) is 0.0828. The molecule has 0 aromatic heterocycles. The second kappa shape index (κ2) is 22.4. The van der Waals surface area contributed by atoms with Crippen molar-refractivity contribution in [2.45, 2.75) is 33.1 Å². The van der Waals surface area contributed by atoms with Crippen LogP contribution in [0, 0.1) is 11.6 Å². The Bertz CT molecular complexity index is 1730. The van der Waals surface area contributed by atoms with E-state index in [0.717, 1.165) is 0 Å². The summed E-state index contributed by atoms with van der Waals surface area (Å²) in [5.41, 5.74) is 8.09. The molecular weight excluding hydrogens is 830 g/mol. The van der Waals surface area contributed by atoms with E-state index < -0.39 is 41.4 Å². The van der Waals surface area contributed by atoms with E-state index in [1.807, 2.05) is 0 Å². The Morgan fingerprint density at radius 1 is 1.06 bits per heavy atom. The van der Waals surface area contributed by atoms with Gasteiger partial charge < -0.3 is 30.0 Å². The molecule has 17 heteroatoms. The Balaban J connectivity index is 0.000000387. The number of halogens is 5. The number of carbonyl (C=O) groups is 6. The van der Waals surface area contributed by atoms with Crippen LogP contribution in [0.4, 0.5) is 8.78 Å². The topological polar surface area (TPSA) is 177 Å². The highest BCUT2D eigenvalue weighted by Gasteiger charge is 2.42. The number of carbonyl (C=O) groups excluding carboxylic acids is 6. The van der Waals surface area contributed by atoms with Crippen LogP contribution in [0.2, 0.25) is 0 Å². The number of aldehydes is 1. The zero-order valence-electron chi connectivity index (χ0n) is 28.1. The predicted molar refractivity (Wildman–Crippen MR) is 189 cm³/mol. The first-order chi connectivity index (χ1) is 24.1. The van der Waals surface area contributed by atoms with E-state index in [1.54, 1.807) is 32.9 Å². The van der Waals surface area contributed by atoms with Gasteiger partial charge in [-0.05, 0) is 70.3 Å². The summed E-state index contributed by atoms with van der Waals surface area (Å²) in [5, 5.41) is 3.01. The number of alkyl halides is 1. The number of hydrogen-bond acceptors (Lipinski definition) is 12. The molecule has 0 bridgehead atoms. The number of dihydropyridines is 1. The van der Waals surface area contributed by atoms with Gasteiger partial charge in [-0.2, -0.15) is 0 Å². The van der Waals surface area contributed by atoms with E-state index in [9.17, 15) is 37.5 Å². The van der Waals surface area contributed by atoms with Crippen molar-refractivity contribution >= 4 is 79.4 Å².